The quantitative estimate of drug-likeness (QED) is 0.271. The summed E-state index contributed by atoms with van der Waals surface area (Å²) < 4.78 is 0. The average molecular weight is 451 g/mol. The second-order valence-corrected chi connectivity index (χ2v) is 9.02. The van der Waals surface area contributed by atoms with E-state index in [2.05, 4.69) is 38.4 Å². The van der Waals surface area contributed by atoms with E-state index >= 15 is 0 Å². The Kier molecular flexibility index (Phi) is 4.38. The molecular formula is C26H18N4O2S. The molecule has 2 aromatic carbocycles. The van der Waals surface area contributed by atoms with Gasteiger partial charge >= 0.3 is 0 Å². The number of H-pyrrole nitrogens is 2. The van der Waals surface area contributed by atoms with Crippen molar-refractivity contribution in [3.63, 3.8) is 0 Å². The number of ketones is 1. The van der Waals surface area contributed by atoms with E-state index in [1.54, 1.807) is 19.2 Å². The van der Waals surface area contributed by atoms with Crippen LogP contribution in [0.1, 0.15) is 16.6 Å². The second-order valence-electron chi connectivity index (χ2n) is 7.93. The summed E-state index contributed by atoms with van der Waals surface area (Å²) in [6.07, 6.45) is 3.15. The van der Waals surface area contributed by atoms with E-state index in [9.17, 15) is 9.90 Å². The van der Waals surface area contributed by atoms with Gasteiger partial charge in [0.25, 0.3) is 0 Å². The molecule has 0 aliphatic heterocycles. The van der Waals surface area contributed by atoms with Crippen LogP contribution in [0.4, 0.5) is 0 Å². The minimum absolute atomic E-state index is 0.0777. The summed E-state index contributed by atoms with van der Waals surface area (Å²) in [5.74, 6) is 0.207. The monoisotopic (exact) mass is 450 g/mol. The van der Waals surface area contributed by atoms with Crippen LogP contribution in [-0.2, 0) is 0 Å². The number of hydrogen-bond donors (Lipinski definition) is 3. The number of benzene rings is 2. The molecule has 0 unspecified atom stereocenters. The summed E-state index contributed by atoms with van der Waals surface area (Å²) in [5.41, 5.74) is 6.51. The summed E-state index contributed by atoms with van der Waals surface area (Å²) in [5, 5.41) is 19.6. The van der Waals surface area contributed by atoms with Gasteiger partial charge in [-0.05, 0) is 55.0 Å². The Morgan fingerprint density at radius 3 is 2.67 bits per heavy atom. The van der Waals surface area contributed by atoms with Gasteiger partial charge in [-0.15, -0.1) is 11.3 Å². The van der Waals surface area contributed by atoms with Gasteiger partial charge < -0.3 is 10.1 Å². The zero-order valence-corrected chi connectivity index (χ0v) is 18.4. The zero-order valence-electron chi connectivity index (χ0n) is 17.6. The molecule has 6 nitrogen and oxygen atoms in total. The molecule has 0 atom stereocenters. The van der Waals surface area contributed by atoms with Crippen LogP contribution in [0, 0.1) is 0 Å². The molecule has 160 valence electrons. The van der Waals surface area contributed by atoms with Gasteiger partial charge in [0.15, 0.2) is 5.78 Å². The van der Waals surface area contributed by atoms with Crippen LogP contribution in [0.2, 0.25) is 0 Å². The number of Topliss-reactive ketones (excluding diaryl/α,β-unsaturated/α-hetero) is 1. The van der Waals surface area contributed by atoms with Crippen molar-refractivity contribution in [3.8, 4) is 38.7 Å². The number of pyridine rings is 1. The van der Waals surface area contributed by atoms with Gasteiger partial charge in [0, 0.05) is 38.5 Å². The highest BCUT2D eigenvalue weighted by Crippen LogP contribution is 2.37. The Balaban J connectivity index is 1.48. The van der Waals surface area contributed by atoms with Gasteiger partial charge in [0.2, 0.25) is 0 Å². The minimum atomic E-state index is 0.0777. The molecule has 0 aliphatic rings. The third-order valence-corrected chi connectivity index (χ3v) is 6.98. The van der Waals surface area contributed by atoms with E-state index in [0.717, 1.165) is 59.6 Å². The molecule has 33 heavy (non-hydrogen) atoms. The molecule has 6 rings (SSSR count). The van der Waals surface area contributed by atoms with E-state index in [0.29, 0.717) is 0 Å². The predicted molar refractivity (Wildman–Crippen MR) is 132 cm³/mol. The molecule has 0 saturated carbocycles. The van der Waals surface area contributed by atoms with Crippen molar-refractivity contribution >= 4 is 38.9 Å². The molecule has 0 fully saturated rings. The number of aromatic hydroxyl groups is 1. The number of carbonyl (C=O) groups excluding carboxylic acids is 1. The SMILES string of the molecule is CC(=O)c1ccc(-c2cccc3[nH]c(-c4n[nH]c5ccc(-c6cncc(O)c6)cc45)cc23)s1. The van der Waals surface area contributed by atoms with Crippen molar-refractivity contribution in [1.82, 2.24) is 20.2 Å². The van der Waals surface area contributed by atoms with Crippen molar-refractivity contribution in [2.24, 2.45) is 0 Å². The summed E-state index contributed by atoms with van der Waals surface area (Å²) in [6, 6.07) is 19.8. The number of nitrogens with zero attached hydrogens (tertiary/aromatic N) is 2. The maximum Gasteiger partial charge on any atom is 0.169 e. The van der Waals surface area contributed by atoms with Crippen LogP contribution in [0.25, 0.3) is 54.8 Å². The molecule has 0 aliphatic carbocycles. The van der Waals surface area contributed by atoms with Crippen LogP contribution in [0.15, 0.2) is 73.1 Å². The summed E-state index contributed by atoms with van der Waals surface area (Å²) in [7, 11) is 0. The van der Waals surface area contributed by atoms with Crippen LogP contribution < -0.4 is 0 Å². The van der Waals surface area contributed by atoms with Gasteiger partial charge in [-0.25, -0.2) is 0 Å². The number of carbonyl (C=O) groups is 1. The largest absolute Gasteiger partial charge is 0.506 e. The molecule has 4 aromatic heterocycles. The van der Waals surface area contributed by atoms with Gasteiger partial charge in [-0.2, -0.15) is 5.10 Å². The molecule has 7 heteroatoms. The molecule has 0 amide bonds. The lowest BCUT2D eigenvalue weighted by Crippen LogP contribution is -1.83. The lowest BCUT2D eigenvalue weighted by atomic mass is 10.0. The van der Waals surface area contributed by atoms with Crippen molar-refractivity contribution in [3.05, 3.63) is 77.9 Å². The first-order valence-electron chi connectivity index (χ1n) is 10.4. The molecule has 0 radical (unpaired) electrons. The number of nitrogens with one attached hydrogen (secondary N) is 2. The molecular weight excluding hydrogens is 432 g/mol. The predicted octanol–water partition coefficient (Wildman–Crippen LogP) is 6.41. The maximum atomic E-state index is 11.8. The van der Waals surface area contributed by atoms with Crippen LogP contribution in [-0.4, -0.2) is 31.1 Å². The molecule has 6 aromatic rings. The fraction of sp³-hybridized carbons (Fsp3) is 0.0385. The van der Waals surface area contributed by atoms with Crippen molar-refractivity contribution < 1.29 is 9.90 Å². The standard InChI is InChI=1S/C26H18N4O2S/c1-14(31)24-7-8-25(33-24)18-3-2-4-21-19(18)11-23(28-21)26-20-10-15(5-6-22(20)29-30-26)16-9-17(32)13-27-12-16/h2-13,28,32H,1H3,(H,29,30). The second kappa shape index (κ2) is 7.43. The summed E-state index contributed by atoms with van der Waals surface area (Å²) in [6.45, 7) is 1.59. The van der Waals surface area contributed by atoms with Crippen LogP contribution in [0.5, 0.6) is 5.75 Å². The normalized spacial score (nSPS) is 11.4. The minimum Gasteiger partial charge on any atom is -0.506 e. The fourth-order valence-corrected chi connectivity index (χ4v) is 5.09. The number of hydrogen-bond acceptors (Lipinski definition) is 5. The lowest BCUT2D eigenvalue weighted by Gasteiger charge is -2.02. The number of aromatic amines is 2. The number of rotatable bonds is 4. The smallest absolute Gasteiger partial charge is 0.169 e. The van der Waals surface area contributed by atoms with Gasteiger partial charge in [0.1, 0.15) is 11.4 Å². The Hall–Kier alpha value is -4.23. The third kappa shape index (κ3) is 3.30. The zero-order chi connectivity index (χ0) is 22.5. The van der Waals surface area contributed by atoms with Crippen molar-refractivity contribution in [1.29, 1.82) is 0 Å². The summed E-state index contributed by atoms with van der Waals surface area (Å²) in [4.78, 5) is 21.2. The van der Waals surface area contributed by atoms with E-state index in [4.69, 9.17) is 0 Å². The first kappa shape index (κ1) is 19.5. The number of aromatic nitrogens is 4. The van der Waals surface area contributed by atoms with Gasteiger partial charge in [-0.3, -0.25) is 14.9 Å². The fourth-order valence-electron chi connectivity index (χ4n) is 4.15. The maximum absolute atomic E-state index is 11.8. The highest BCUT2D eigenvalue weighted by molar-refractivity contribution is 7.17. The van der Waals surface area contributed by atoms with E-state index in [1.165, 1.54) is 17.5 Å². The third-order valence-electron chi connectivity index (χ3n) is 5.76. The lowest BCUT2D eigenvalue weighted by molar-refractivity contribution is 0.102. The molecule has 3 N–H and O–H groups in total. The van der Waals surface area contributed by atoms with E-state index < -0.39 is 0 Å². The van der Waals surface area contributed by atoms with Gasteiger partial charge in [0.05, 0.1) is 22.3 Å². The highest BCUT2D eigenvalue weighted by atomic mass is 32.1. The average Bonchev–Trinajstić information content (AvgIpc) is 3.55. The Morgan fingerprint density at radius 1 is 0.939 bits per heavy atom. The Bertz CT molecular complexity index is 1670. The Morgan fingerprint density at radius 2 is 1.85 bits per heavy atom. The summed E-state index contributed by atoms with van der Waals surface area (Å²) >= 11 is 1.51. The molecule has 4 heterocycles. The number of thiophene rings is 1. The van der Waals surface area contributed by atoms with E-state index in [1.807, 2.05) is 36.4 Å². The molecule has 0 saturated heterocycles. The van der Waals surface area contributed by atoms with E-state index in [-0.39, 0.29) is 11.5 Å². The molecule has 0 spiro atoms. The first-order chi connectivity index (χ1) is 16.1. The topological polar surface area (TPSA) is 94.7 Å². The Labute approximate surface area is 192 Å². The highest BCUT2D eigenvalue weighted by Gasteiger charge is 2.15. The van der Waals surface area contributed by atoms with Crippen LogP contribution >= 0.6 is 11.3 Å². The van der Waals surface area contributed by atoms with Gasteiger partial charge in [-0.1, -0.05) is 18.2 Å². The van der Waals surface area contributed by atoms with Crippen molar-refractivity contribution in [2.45, 2.75) is 6.92 Å². The van der Waals surface area contributed by atoms with Crippen LogP contribution in [0.3, 0.4) is 0 Å². The number of fused-ring (bicyclic) bond motifs is 2. The molecule has 0 bridgehead atoms. The first-order valence-corrected chi connectivity index (χ1v) is 11.2. The van der Waals surface area contributed by atoms with Crippen molar-refractivity contribution in [2.75, 3.05) is 0 Å².